The Kier molecular flexibility index (Phi) is 4.90. The van der Waals surface area contributed by atoms with Crippen LogP contribution >= 0.6 is 11.3 Å². The molecule has 0 fully saturated rings. The van der Waals surface area contributed by atoms with Crippen molar-refractivity contribution in [2.24, 2.45) is 0 Å². The van der Waals surface area contributed by atoms with Gasteiger partial charge in [0.05, 0.1) is 17.1 Å². The number of nitrogens with one attached hydrogen (secondary N) is 2. The largest absolute Gasteiger partial charge is 0.344 e. The van der Waals surface area contributed by atoms with Crippen molar-refractivity contribution in [2.45, 2.75) is 38.1 Å². The number of hydrogen-bond donors (Lipinski definition) is 2. The van der Waals surface area contributed by atoms with E-state index in [1.165, 1.54) is 34.4 Å². The van der Waals surface area contributed by atoms with Crippen LogP contribution < -0.4 is 5.32 Å². The van der Waals surface area contributed by atoms with E-state index in [0.29, 0.717) is 12.8 Å². The fourth-order valence-corrected chi connectivity index (χ4v) is 4.94. The minimum absolute atomic E-state index is 0.0457. The highest BCUT2D eigenvalue weighted by Crippen LogP contribution is 2.30. The third-order valence-electron chi connectivity index (χ3n) is 5.62. The second-order valence-electron chi connectivity index (χ2n) is 7.60. The molecule has 0 unspecified atom stereocenters. The Morgan fingerprint density at radius 1 is 1.10 bits per heavy atom. The first-order valence-corrected chi connectivity index (χ1v) is 11.0. The molecule has 2 aromatic heterocycles. The maximum Gasteiger partial charge on any atom is 0.221 e. The Balaban J connectivity index is 1.31. The van der Waals surface area contributed by atoms with Gasteiger partial charge in [0, 0.05) is 17.7 Å². The number of hydrogen-bond acceptors (Lipinski definition) is 3. The third kappa shape index (κ3) is 3.83. The quantitative estimate of drug-likeness (QED) is 0.480. The van der Waals surface area contributed by atoms with Crippen LogP contribution in [0.3, 0.4) is 0 Å². The molecule has 1 aliphatic rings. The summed E-state index contributed by atoms with van der Waals surface area (Å²) in [4.78, 5) is 21.8. The van der Waals surface area contributed by atoms with E-state index in [4.69, 9.17) is 0 Å². The smallest absolute Gasteiger partial charge is 0.221 e. The molecule has 2 heterocycles. The van der Waals surface area contributed by atoms with E-state index in [9.17, 15) is 4.79 Å². The molecular formula is C24H23N3OS. The summed E-state index contributed by atoms with van der Waals surface area (Å²) in [5, 5.41) is 5.33. The molecule has 2 N–H and O–H groups in total. The molecule has 0 spiro atoms. The normalized spacial score (nSPS) is 14.1. The highest BCUT2D eigenvalue weighted by molar-refractivity contribution is 7.10. The molecule has 4 nitrogen and oxygen atoms in total. The zero-order valence-electron chi connectivity index (χ0n) is 16.2. The molecule has 0 saturated heterocycles. The third-order valence-corrected chi connectivity index (χ3v) is 6.55. The summed E-state index contributed by atoms with van der Waals surface area (Å²) in [5.74, 6) is 0.899. The molecule has 1 aliphatic carbocycles. The van der Waals surface area contributed by atoms with E-state index in [2.05, 4.69) is 44.9 Å². The van der Waals surface area contributed by atoms with Crippen LogP contribution in [0, 0.1) is 0 Å². The molecule has 2 aromatic carbocycles. The zero-order chi connectivity index (χ0) is 19.6. The molecule has 0 radical (unpaired) electrons. The number of carbonyl (C=O) groups excluding carboxylic acids is 1. The van der Waals surface area contributed by atoms with Crippen molar-refractivity contribution in [3.05, 3.63) is 87.4 Å². The Labute approximate surface area is 174 Å². The molecule has 0 bridgehead atoms. The van der Waals surface area contributed by atoms with E-state index < -0.39 is 0 Å². The minimum Gasteiger partial charge on any atom is -0.344 e. The molecule has 4 aromatic rings. The molecule has 29 heavy (non-hydrogen) atoms. The number of benzene rings is 2. The lowest BCUT2D eigenvalue weighted by molar-refractivity contribution is -0.121. The van der Waals surface area contributed by atoms with Crippen molar-refractivity contribution in [1.29, 1.82) is 0 Å². The molecule has 5 rings (SSSR count). The lowest BCUT2D eigenvalue weighted by Gasteiger charge is -2.19. The van der Waals surface area contributed by atoms with E-state index in [1.807, 2.05) is 30.3 Å². The molecule has 1 atom stereocenters. The van der Waals surface area contributed by atoms with Crippen LogP contribution in [0.15, 0.2) is 60.0 Å². The number of carbonyl (C=O) groups is 1. The molecule has 1 amide bonds. The van der Waals surface area contributed by atoms with Crippen molar-refractivity contribution in [3.8, 4) is 0 Å². The van der Waals surface area contributed by atoms with Gasteiger partial charge in [-0.05, 0) is 59.5 Å². The van der Waals surface area contributed by atoms with E-state index in [-0.39, 0.29) is 11.9 Å². The second-order valence-corrected chi connectivity index (χ2v) is 8.58. The Bertz CT molecular complexity index is 1110. The lowest BCUT2D eigenvalue weighted by Crippen LogP contribution is -2.29. The minimum atomic E-state index is -0.0935. The van der Waals surface area contributed by atoms with Crippen LogP contribution in [0.25, 0.3) is 11.0 Å². The van der Waals surface area contributed by atoms with Crippen LogP contribution in [0.5, 0.6) is 0 Å². The van der Waals surface area contributed by atoms with Gasteiger partial charge in [-0.15, -0.1) is 11.3 Å². The van der Waals surface area contributed by atoms with Gasteiger partial charge < -0.3 is 10.3 Å². The maximum absolute atomic E-state index is 12.8. The summed E-state index contributed by atoms with van der Waals surface area (Å²) in [6, 6.07) is 18.7. The Morgan fingerprint density at radius 2 is 2.00 bits per heavy atom. The van der Waals surface area contributed by atoms with Gasteiger partial charge in [-0.2, -0.15) is 0 Å². The second kappa shape index (κ2) is 7.84. The number of H-pyrrole nitrogens is 1. The first kappa shape index (κ1) is 18.1. The number of amides is 1. The summed E-state index contributed by atoms with van der Waals surface area (Å²) in [5.41, 5.74) is 6.01. The van der Waals surface area contributed by atoms with Crippen LogP contribution in [-0.2, 0) is 24.1 Å². The lowest BCUT2D eigenvalue weighted by atomic mass is 9.99. The highest BCUT2D eigenvalue weighted by Gasteiger charge is 2.20. The average Bonchev–Trinajstić information content (AvgIpc) is 3.50. The van der Waals surface area contributed by atoms with Crippen molar-refractivity contribution in [2.75, 3.05) is 0 Å². The van der Waals surface area contributed by atoms with Gasteiger partial charge in [0.25, 0.3) is 0 Å². The number of aromatic amines is 1. The predicted octanol–water partition coefficient (Wildman–Crippen LogP) is 4.95. The van der Waals surface area contributed by atoms with Crippen molar-refractivity contribution < 1.29 is 4.79 Å². The number of rotatable bonds is 6. The summed E-state index contributed by atoms with van der Waals surface area (Å²) in [6.45, 7) is 0. The summed E-state index contributed by atoms with van der Waals surface area (Å²) in [6.07, 6.45) is 4.55. The van der Waals surface area contributed by atoms with Crippen LogP contribution in [0.1, 0.15) is 46.3 Å². The van der Waals surface area contributed by atoms with Crippen molar-refractivity contribution in [1.82, 2.24) is 15.3 Å². The number of fused-ring (bicyclic) bond motifs is 2. The number of aryl methyl sites for hydroxylation is 3. The van der Waals surface area contributed by atoms with Gasteiger partial charge in [0.15, 0.2) is 0 Å². The summed E-state index contributed by atoms with van der Waals surface area (Å²) in [7, 11) is 0. The van der Waals surface area contributed by atoms with Crippen molar-refractivity contribution in [3.63, 3.8) is 0 Å². The van der Waals surface area contributed by atoms with Gasteiger partial charge in [-0.25, -0.2) is 4.98 Å². The van der Waals surface area contributed by atoms with Gasteiger partial charge in [0.1, 0.15) is 5.82 Å². The van der Waals surface area contributed by atoms with Gasteiger partial charge in [-0.1, -0.05) is 36.4 Å². The van der Waals surface area contributed by atoms with E-state index in [0.717, 1.165) is 23.3 Å². The Hall–Kier alpha value is -2.92. The average molecular weight is 402 g/mol. The first-order valence-electron chi connectivity index (χ1n) is 10.1. The number of thiophene rings is 1. The highest BCUT2D eigenvalue weighted by atomic mass is 32.1. The fourth-order valence-electron chi connectivity index (χ4n) is 4.13. The number of nitrogens with zero attached hydrogens (tertiary/aromatic N) is 1. The fraction of sp³-hybridized carbons (Fsp3) is 0.250. The maximum atomic E-state index is 12.8. The van der Waals surface area contributed by atoms with Gasteiger partial charge in [0.2, 0.25) is 5.91 Å². The summed E-state index contributed by atoms with van der Waals surface area (Å²) >= 11 is 1.69. The number of para-hydroxylation sites is 2. The van der Waals surface area contributed by atoms with Crippen LogP contribution in [-0.4, -0.2) is 15.9 Å². The SMILES string of the molecule is O=C(CCc1nc2ccccc2[nH]1)N[C@@H](c1ccc2c(c1)CCC2)c1cccs1. The summed E-state index contributed by atoms with van der Waals surface area (Å²) < 4.78 is 0. The van der Waals surface area contributed by atoms with E-state index in [1.54, 1.807) is 11.3 Å². The first-order chi connectivity index (χ1) is 14.3. The molecule has 5 heteroatoms. The standard InChI is InChI=1S/C24H23N3OS/c28-23(13-12-22-25-19-7-1-2-8-20(19)26-22)27-24(21-9-4-14-29-21)18-11-10-16-5-3-6-17(16)15-18/h1-2,4,7-11,14-15,24H,3,5-6,12-13H2,(H,25,26)(H,27,28)/t24-/m0/s1. The van der Waals surface area contributed by atoms with Gasteiger partial charge >= 0.3 is 0 Å². The monoisotopic (exact) mass is 401 g/mol. The molecular weight excluding hydrogens is 378 g/mol. The topological polar surface area (TPSA) is 57.8 Å². The zero-order valence-corrected chi connectivity index (χ0v) is 17.0. The Morgan fingerprint density at radius 3 is 2.86 bits per heavy atom. The number of aromatic nitrogens is 2. The van der Waals surface area contributed by atoms with Crippen LogP contribution in [0.4, 0.5) is 0 Å². The molecule has 146 valence electrons. The molecule has 0 aliphatic heterocycles. The molecule has 0 saturated carbocycles. The van der Waals surface area contributed by atoms with Crippen molar-refractivity contribution >= 4 is 28.3 Å². The number of imidazole rings is 1. The predicted molar refractivity (Wildman–Crippen MR) is 117 cm³/mol. The van der Waals surface area contributed by atoms with Gasteiger partial charge in [-0.3, -0.25) is 4.79 Å². The van der Waals surface area contributed by atoms with E-state index >= 15 is 0 Å². The van der Waals surface area contributed by atoms with Crippen LogP contribution in [0.2, 0.25) is 0 Å².